The molecule has 1 saturated carbocycles. The molecule has 0 bridgehead atoms. The maximum atomic E-state index is 2.36. The number of hydrogen-bond donors (Lipinski definition) is 0. The van der Waals surface area contributed by atoms with Gasteiger partial charge in [0.15, 0.2) is 0 Å². The summed E-state index contributed by atoms with van der Waals surface area (Å²) in [6.45, 7) is 9.45. The summed E-state index contributed by atoms with van der Waals surface area (Å²) in [6, 6.07) is 0. The van der Waals surface area contributed by atoms with E-state index >= 15 is 0 Å². The highest BCUT2D eigenvalue weighted by molar-refractivity contribution is 4.88. The van der Waals surface area contributed by atoms with Crippen LogP contribution in [0.1, 0.15) is 59.8 Å². The minimum Gasteiger partial charge on any atom is -0.0628 e. The molecule has 0 spiro atoms. The molecule has 0 heterocycles. The molecule has 0 aliphatic heterocycles. The molecule has 0 heteroatoms. The minimum absolute atomic E-state index is 0.766. The Labute approximate surface area is 77.7 Å². The van der Waals surface area contributed by atoms with Crippen LogP contribution in [0, 0.1) is 17.3 Å². The van der Waals surface area contributed by atoms with E-state index in [2.05, 4.69) is 27.7 Å². The van der Waals surface area contributed by atoms with Crippen LogP contribution in [0.5, 0.6) is 0 Å². The van der Waals surface area contributed by atoms with Gasteiger partial charge in [0, 0.05) is 0 Å². The zero-order valence-electron chi connectivity index (χ0n) is 9.19. The molecule has 72 valence electrons. The largest absolute Gasteiger partial charge is 0.0628 e. The molecule has 0 unspecified atom stereocenters. The third-order valence-electron chi connectivity index (χ3n) is 3.10. The van der Waals surface area contributed by atoms with Crippen molar-refractivity contribution in [1.29, 1.82) is 0 Å². The number of hydrogen-bond acceptors (Lipinski definition) is 0. The Hall–Kier alpha value is 0. The first-order valence-corrected chi connectivity index (χ1v) is 5.54. The lowest BCUT2D eigenvalue weighted by Gasteiger charge is -2.44. The van der Waals surface area contributed by atoms with E-state index in [4.69, 9.17) is 0 Å². The first kappa shape index (κ1) is 10.1. The maximum absolute atomic E-state index is 2.36. The summed E-state index contributed by atoms with van der Waals surface area (Å²) in [6.07, 6.45) is 7.42. The second-order valence-electron chi connectivity index (χ2n) is 5.55. The Kier molecular flexibility index (Phi) is 3.20. The lowest BCUT2D eigenvalue weighted by molar-refractivity contribution is 0.0717. The van der Waals surface area contributed by atoms with Gasteiger partial charge in [0.05, 0.1) is 0 Å². The van der Waals surface area contributed by atoms with E-state index in [0.717, 1.165) is 17.3 Å². The molecule has 1 rings (SSSR count). The van der Waals surface area contributed by atoms with Crippen LogP contribution >= 0.6 is 0 Å². The van der Waals surface area contributed by atoms with Gasteiger partial charge in [-0.25, -0.2) is 0 Å². The smallest absolute Gasteiger partial charge is 0.0293 e. The third-order valence-corrected chi connectivity index (χ3v) is 3.10. The van der Waals surface area contributed by atoms with E-state index in [9.17, 15) is 0 Å². The molecular weight excluding hydrogens is 144 g/mol. The summed E-state index contributed by atoms with van der Waals surface area (Å²) in [5, 5.41) is 0. The van der Waals surface area contributed by atoms with E-state index in [-0.39, 0.29) is 0 Å². The Bertz CT molecular complexity index is 117. The molecule has 0 amide bonds. The molecule has 12 heavy (non-hydrogen) atoms. The summed E-state index contributed by atoms with van der Waals surface area (Å²) in [4.78, 5) is 0. The van der Waals surface area contributed by atoms with Crippen LogP contribution in [-0.4, -0.2) is 0 Å². The van der Waals surface area contributed by atoms with Crippen molar-refractivity contribution >= 4 is 0 Å². The zero-order valence-corrected chi connectivity index (χ0v) is 9.19. The molecule has 1 aliphatic carbocycles. The van der Waals surface area contributed by atoms with E-state index < -0.39 is 0 Å². The predicted octanol–water partition coefficient (Wildman–Crippen LogP) is 4.25. The van der Waals surface area contributed by atoms with Crippen LogP contribution in [0.4, 0.5) is 0 Å². The molecule has 0 nitrogen and oxygen atoms in total. The second-order valence-corrected chi connectivity index (χ2v) is 5.55. The summed E-state index contributed by atoms with van der Waals surface area (Å²) in [5.41, 5.74) is 0.766. The molecule has 0 radical (unpaired) electrons. The van der Waals surface area contributed by atoms with Crippen molar-refractivity contribution in [1.82, 2.24) is 0 Å². The first-order chi connectivity index (χ1) is 5.54. The molecule has 0 aromatic heterocycles. The van der Waals surface area contributed by atoms with Gasteiger partial charge in [-0.3, -0.25) is 0 Å². The van der Waals surface area contributed by atoms with Gasteiger partial charge in [-0.2, -0.15) is 0 Å². The second kappa shape index (κ2) is 3.81. The molecule has 1 fully saturated rings. The van der Waals surface area contributed by atoms with Crippen molar-refractivity contribution in [2.24, 2.45) is 17.3 Å². The van der Waals surface area contributed by atoms with Crippen LogP contribution < -0.4 is 0 Å². The van der Waals surface area contributed by atoms with Gasteiger partial charge in [-0.1, -0.05) is 34.1 Å². The van der Waals surface area contributed by atoms with Gasteiger partial charge in [0.1, 0.15) is 0 Å². The van der Waals surface area contributed by atoms with Crippen LogP contribution in [0.3, 0.4) is 0 Å². The average molecular weight is 168 g/mol. The van der Waals surface area contributed by atoms with Gasteiger partial charge in [0.2, 0.25) is 0 Å². The quantitative estimate of drug-likeness (QED) is 0.588. The third kappa shape index (κ3) is 2.50. The van der Waals surface area contributed by atoms with Gasteiger partial charge in [-0.05, 0) is 42.9 Å². The lowest BCUT2D eigenvalue weighted by Crippen LogP contribution is -2.32. The lowest BCUT2D eigenvalue weighted by atomic mass is 9.61. The van der Waals surface area contributed by atoms with E-state index in [1.54, 1.807) is 0 Å². The van der Waals surface area contributed by atoms with Crippen molar-refractivity contribution in [2.45, 2.75) is 59.8 Å². The summed E-state index contributed by atoms with van der Waals surface area (Å²) in [5.74, 6) is 1.79. The predicted molar refractivity (Wildman–Crippen MR) is 55.2 cm³/mol. The van der Waals surface area contributed by atoms with Crippen LogP contribution in [0.15, 0.2) is 0 Å². The molecule has 1 aliphatic rings. The van der Waals surface area contributed by atoms with E-state index in [1.165, 1.54) is 32.1 Å². The molecule has 0 atom stereocenters. The van der Waals surface area contributed by atoms with Gasteiger partial charge < -0.3 is 0 Å². The van der Waals surface area contributed by atoms with Crippen molar-refractivity contribution in [3.63, 3.8) is 0 Å². The molecular formula is C12H24. The molecule has 0 aromatic rings. The Balaban J connectivity index is 2.39. The standard InChI is InChI=1S/C12H24/c1-10(2)8-12(6-5-7-12)9-11(3)4/h10-11H,5-9H2,1-4H3. The average Bonchev–Trinajstić information content (AvgIpc) is 1.80. The Morgan fingerprint density at radius 3 is 1.50 bits per heavy atom. The molecule has 0 N–H and O–H groups in total. The van der Waals surface area contributed by atoms with E-state index in [1.807, 2.05) is 0 Å². The maximum Gasteiger partial charge on any atom is -0.0293 e. The van der Waals surface area contributed by atoms with Crippen molar-refractivity contribution in [3.05, 3.63) is 0 Å². The summed E-state index contributed by atoms with van der Waals surface area (Å²) < 4.78 is 0. The molecule has 0 aromatic carbocycles. The van der Waals surface area contributed by atoms with Crippen LogP contribution in [-0.2, 0) is 0 Å². The SMILES string of the molecule is CC(C)CC1(CC(C)C)CCC1. The molecule has 0 saturated heterocycles. The van der Waals surface area contributed by atoms with Crippen molar-refractivity contribution in [2.75, 3.05) is 0 Å². The normalized spacial score (nSPS) is 21.5. The van der Waals surface area contributed by atoms with Gasteiger partial charge in [0.25, 0.3) is 0 Å². The van der Waals surface area contributed by atoms with Gasteiger partial charge in [-0.15, -0.1) is 0 Å². The highest BCUT2D eigenvalue weighted by Crippen LogP contribution is 2.50. The minimum atomic E-state index is 0.766. The first-order valence-electron chi connectivity index (χ1n) is 5.54. The van der Waals surface area contributed by atoms with Crippen molar-refractivity contribution < 1.29 is 0 Å². The Morgan fingerprint density at radius 2 is 1.33 bits per heavy atom. The van der Waals surface area contributed by atoms with Crippen molar-refractivity contribution in [3.8, 4) is 0 Å². The zero-order chi connectivity index (χ0) is 9.19. The Morgan fingerprint density at radius 1 is 0.917 bits per heavy atom. The number of rotatable bonds is 4. The van der Waals surface area contributed by atoms with Gasteiger partial charge >= 0.3 is 0 Å². The highest BCUT2D eigenvalue weighted by Gasteiger charge is 2.37. The summed E-state index contributed by atoms with van der Waals surface area (Å²) in [7, 11) is 0. The summed E-state index contributed by atoms with van der Waals surface area (Å²) >= 11 is 0. The topological polar surface area (TPSA) is 0 Å². The fourth-order valence-electron chi connectivity index (χ4n) is 2.90. The van der Waals surface area contributed by atoms with E-state index in [0.29, 0.717) is 0 Å². The fraction of sp³-hybridized carbons (Fsp3) is 1.00. The fourth-order valence-corrected chi connectivity index (χ4v) is 2.90. The monoisotopic (exact) mass is 168 g/mol. The van der Waals surface area contributed by atoms with Crippen LogP contribution in [0.2, 0.25) is 0 Å². The highest BCUT2D eigenvalue weighted by atomic mass is 14.4. The van der Waals surface area contributed by atoms with Crippen LogP contribution in [0.25, 0.3) is 0 Å².